The molecule has 0 saturated carbocycles. The normalized spacial score (nSPS) is 17.5. The molecule has 0 bridgehead atoms. The highest BCUT2D eigenvalue weighted by Crippen LogP contribution is 2.11. The minimum absolute atomic E-state index is 0.128. The average Bonchev–Trinajstić information content (AvgIpc) is 2.64. The molecule has 0 spiro atoms. The Morgan fingerprint density at radius 1 is 1.28 bits per heavy atom. The molecule has 6 heteroatoms. The van der Waals surface area contributed by atoms with Crippen LogP contribution in [0.25, 0.3) is 0 Å². The lowest BCUT2D eigenvalue weighted by molar-refractivity contribution is 0.0696. The number of anilines is 1. The van der Waals surface area contributed by atoms with Gasteiger partial charge in [-0.3, -0.25) is 0 Å². The summed E-state index contributed by atoms with van der Waals surface area (Å²) in [5, 5.41) is 8.80. The Kier molecular flexibility index (Phi) is 4.09. The summed E-state index contributed by atoms with van der Waals surface area (Å²) in [7, 11) is 0. The second-order valence-corrected chi connectivity index (χ2v) is 4.35. The average molecular weight is 250 g/mol. The van der Waals surface area contributed by atoms with Crippen molar-refractivity contribution in [2.45, 2.75) is 13.3 Å². The lowest BCUT2D eigenvalue weighted by Gasteiger charge is -2.20. The zero-order valence-electron chi connectivity index (χ0n) is 10.5. The maximum Gasteiger partial charge on any atom is 0.338 e. The summed E-state index contributed by atoms with van der Waals surface area (Å²) < 4.78 is 0. The van der Waals surface area contributed by atoms with Crippen LogP contribution in [0.15, 0.2) is 12.4 Å². The largest absolute Gasteiger partial charge is 0.478 e. The van der Waals surface area contributed by atoms with Crippen molar-refractivity contribution in [3.05, 3.63) is 18.0 Å². The minimum atomic E-state index is -0.991. The molecule has 1 aromatic heterocycles. The van der Waals surface area contributed by atoms with E-state index in [4.69, 9.17) is 5.11 Å². The molecular weight excluding hydrogens is 232 g/mol. The summed E-state index contributed by atoms with van der Waals surface area (Å²) in [5.74, 6) is -0.368. The first-order chi connectivity index (χ1) is 8.70. The number of hydrogen-bond acceptors (Lipinski definition) is 5. The molecule has 0 aliphatic carbocycles. The summed E-state index contributed by atoms with van der Waals surface area (Å²) in [6.45, 7) is 7.13. The lowest BCUT2D eigenvalue weighted by Crippen LogP contribution is -2.31. The van der Waals surface area contributed by atoms with E-state index < -0.39 is 5.97 Å². The highest BCUT2D eigenvalue weighted by atomic mass is 16.4. The van der Waals surface area contributed by atoms with E-state index in [9.17, 15) is 4.79 Å². The van der Waals surface area contributed by atoms with Crippen molar-refractivity contribution in [3.8, 4) is 0 Å². The topological polar surface area (TPSA) is 69.6 Å². The van der Waals surface area contributed by atoms with Crippen LogP contribution in [0.2, 0.25) is 0 Å². The first-order valence-corrected chi connectivity index (χ1v) is 6.23. The van der Waals surface area contributed by atoms with Gasteiger partial charge in [0.1, 0.15) is 0 Å². The maximum absolute atomic E-state index is 10.7. The van der Waals surface area contributed by atoms with Crippen molar-refractivity contribution in [1.29, 1.82) is 0 Å². The van der Waals surface area contributed by atoms with Crippen LogP contribution in [0.4, 0.5) is 5.95 Å². The van der Waals surface area contributed by atoms with Crippen LogP contribution in [0.1, 0.15) is 23.7 Å². The van der Waals surface area contributed by atoms with E-state index in [0.717, 1.165) is 39.1 Å². The summed E-state index contributed by atoms with van der Waals surface area (Å²) in [6, 6.07) is 0. The molecule has 6 nitrogen and oxygen atoms in total. The number of nitrogens with zero attached hydrogens (tertiary/aromatic N) is 4. The van der Waals surface area contributed by atoms with E-state index in [1.165, 1.54) is 12.4 Å². The lowest BCUT2D eigenvalue weighted by atomic mass is 10.3. The molecule has 0 aromatic carbocycles. The molecule has 1 N–H and O–H groups in total. The number of carboxylic acid groups (broad SMARTS) is 1. The number of rotatable bonds is 3. The third-order valence-corrected chi connectivity index (χ3v) is 3.20. The van der Waals surface area contributed by atoms with E-state index in [2.05, 4.69) is 26.7 Å². The van der Waals surface area contributed by atoms with Crippen molar-refractivity contribution in [2.75, 3.05) is 37.6 Å². The molecule has 1 aliphatic heterocycles. The van der Waals surface area contributed by atoms with Gasteiger partial charge in [0, 0.05) is 32.0 Å². The highest BCUT2D eigenvalue weighted by molar-refractivity contribution is 5.86. The van der Waals surface area contributed by atoms with E-state index >= 15 is 0 Å². The monoisotopic (exact) mass is 250 g/mol. The number of carbonyl (C=O) groups is 1. The number of aromatic nitrogens is 2. The van der Waals surface area contributed by atoms with E-state index in [1.54, 1.807) is 0 Å². The number of aromatic carboxylic acids is 1. The van der Waals surface area contributed by atoms with E-state index in [-0.39, 0.29) is 5.56 Å². The van der Waals surface area contributed by atoms with Crippen LogP contribution in [-0.2, 0) is 0 Å². The molecule has 1 fully saturated rings. The zero-order valence-corrected chi connectivity index (χ0v) is 10.5. The molecule has 2 rings (SSSR count). The molecule has 0 amide bonds. The molecular formula is C12H18N4O2. The SMILES string of the molecule is CCN1CCCN(c2ncc(C(=O)O)cn2)CC1. The van der Waals surface area contributed by atoms with E-state index in [1.807, 2.05) is 0 Å². The van der Waals surface area contributed by atoms with Gasteiger partial charge in [-0.2, -0.15) is 0 Å². The van der Waals surface area contributed by atoms with Gasteiger partial charge >= 0.3 is 5.97 Å². The second kappa shape index (κ2) is 5.77. The fourth-order valence-corrected chi connectivity index (χ4v) is 2.08. The van der Waals surface area contributed by atoms with Crippen molar-refractivity contribution in [1.82, 2.24) is 14.9 Å². The quantitative estimate of drug-likeness (QED) is 0.852. The second-order valence-electron chi connectivity index (χ2n) is 4.35. The number of likely N-dealkylation sites (N-methyl/N-ethyl adjacent to an activating group) is 1. The molecule has 1 aliphatic rings. The fraction of sp³-hybridized carbons (Fsp3) is 0.583. The van der Waals surface area contributed by atoms with Crippen LogP contribution in [-0.4, -0.2) is 58.7 Å². The van der Waals surface area contributed by atoms with Gasteiger partial charge < -0.3 is 14.9 Å². The zero-order chi connectivity index (χ0) is 13.0. The molecule has 98 valence electrons. The van der Waals surface area contributed by atoms with Crippen molar-refractivity contribution in [3.63, 3.8) is 0 Å². The molecule has 18 heavy (non-hydrogen) atoms. The summed E-state index contributed by atoms with van der Waals surface area (Å²) in [5.41, 5.74) is 0.128. The first-order valence-electron chi connectivity index (χ1n) is 6.23. The molecule has 0 radical (unpaired) electrons. The van der Waals surface area contributed by atoms with Gasteiger partial charge in [0.15, 0.2) is 0 Å². The van der Waals surface area contributed by atoms with Crippen LogP contribution in [0, 0.1) is 0 Å². The van der Waals surface area contributed by atoms with Crippen molar-refractivity contribution in [2.24, 2.45) is 0 Å². The van der Waals surface area contributed by atoms with Gasteiger partial charge in [-0.25, -0.2) is 14.8 Å². The Bertz CT molecular complexity index is 407. The Hall–Kier alpha value is -1.69. The van der Waals surface area contributed by atoms with Gasteiger partial charge in [0.2, 0.25) is 5.95 Å². The van der Waals surface area contributed by atoms with Gasteiger partial charge in [0.05, 0.1) is 5.56 Å². The predicted octanol–water partition coefficient (Wildman–Crippen LogP) is 0.707. The molecule has 2 heterocycles. The standard InChI is InChI=1S/C12H18N4O2/c1-2-15-4-3-5-16(7-6-15)12-13-8-10(9-14-12)11(17)18/h8-9H,2-7H2,1H3,(H,17,18). The van der Waals surface area contributed by atoms with Gasteiger partial charge in [-0.1, -0.05) is 6.92 Å². The first kappa shape index (κ1) is 12.8. The Balaban J connectivity index is 2.04. The van der Waals surface area contributed by atoms with Gasteiger partial charge in [-0.05, 0) is 19.5 Å². The Morgan fingerprint density at radius 3 is 2.61 bits per heavy atom. The van der Waals surface area contributed by atoms with Gasteiger partial charge in [-0.15, -0.1) is 0 Å². The van der Waals surface area contributed by atoms with Crippen LogP contribution in [0.5, 0.6) is 0 Å². The van der Waals surface area contributed by atoms with Gasteiger partial charge in [0.25, 0.3) is 0 Å². The molecule has 0 unspecified atom stereocenters. The van der Waals surface area contributed by atoms with Crippen LogP contribution in [0.3, 0.4) is 0 Å². The maximum atomic E-state index is 10.7. The molecule has 1 saturated heterocycles. The third kappa shape index (κ3) is 2.95. The van der Waals surface area contributed by atoms with Crippen LogP contribution >= 0.6 is 0 Å². The number of carboxylic acids is 1. The summed E-state index contributed by atoms with van der Waals surface area (Å²) >= 11 is 0. The third-order valence-electron chi connectivity index (χ3n) is 3.20. The van der Waals surface area contributed by atoms with Crippen LogP contribution < -0.4 is 4.90 Å². The Labute approximate surface area is 106 Å². The van der Waals surface area contributed by atoms with Crippen molar-refractivity contribution >= 4 is 11.9 Å². The summed E-state index contributed by atoms with van der Waals surface area (Å²) in [4.78, 5) is 23.5. The predicted molar refractivity (Wildman–Crippen MR) is 67.9 cm³/mol. The minimum Gasteiger partial charge on any atom is -0.478 e. The fourth-order valence-electron chi connectivity index (χ4n) is 2.08. The highest BCUT2D eigenvalue weighted by Gasteiger charge is 2.16. The van der Waals surface area contributed by atoms with Crippen molar-refractivity contribution < 1.29 is 9.90 Å². The Morgan fingerprint density at radius 2 is 2.00 bits per heavy atom. The van der Waals surface area contributed by atoms with E-state index in [0.29, 0.717) is 5.95 Å². The summed E-state index contributed by atoms with van der Waals surface area (Å²) in [6.07, 6.45) is 3.82. The smallest absolute Gasteiger partial charge is 0.338 e. The molecule has 1 aromatic rings. The molecule has 0 atom stereocenters. The number of hydrogen-bond donors (Lipinski definition) is 1.